The van der Waals surface area contributed by atoms with Crippen molar-refractivity contribution in [1.82, 2.24) is 15.3 Å². The highest BCUT2D eigenvalue weighted by Gasteiger charge is 2.22. The molecular formula is C14H23N5O2. The Morgan fingerprint density at radius 1 is 1.38 bits per heavy atom. The van der Waals surface area contributed by atoms with Gasteiger partial charge in [-0.15, -0.1) is 0 Å². The largest absolute Gasteiger partial charge is 0.374 e. The summed E-state index contributed by atoms with van der Waals surface area (Å²) in [5, 5.41) is 9.10. The number of anilines is 2. The van der Waals surface area contributed by atoms with Crippen molar-refractivity contribution in [3.05, 3.63) is 11.9 Å². The first-order valence-electron chi connectivity index (χ1n) is 7.38. The van der Waals surface area contributed by atoms with Crippen molar-refractivity contribution in [2.75, 3.05) is 30.8 Å². The molecule has 0 saturated heterocycles. The highest BCUT2D eigenvalue weighted by Crippen LogP contribution is 2.18. The van der Waals surface area contributed by atoms with Crippen LogP contribution < -0.4 is 16.0 Å². The van der Waals surface area contributed by atoms with E-state index in [4.69, 9.17) is 4.74 Å². The minimum absolute atomic E-state index is 0.0856. The lowest BCUT2D eigenvalue weighted by atomic mass is 10.3. The summed E-state index contributed by atoms with van der Waals surface area (Å²) in [5.74, 6) is 2.13. The fraction of sp³-hybridized carbons (Fsp3) is 0.643. The van der Waals surface area contributed by atoms with E-state index < -0.39 is 0 Å². The van der Waals surface area contributed by atoms with Gasteiger partial charge in [-0.05, 0) is 19.8 Å². The Kier molecular flexibility index (Phi) is 5.74. The third kappa shape index (κ3) is 5.55. The summed E-state index contributed by atoms with van der Waals surface area (Å²) >= 11 is 0. The zero-order valence-electron chi connectivity index (χ0n) is 12.6. The molecule has 1 aliphatic carbocycles. The van der Waals surface area contributed by atoms with Crippen LogP contribution >= 0.6 is 0 Å². The van der Waals surface area contributed by atoms with Gasteiger partial charge < -0.3 is 20.7 Å². The third-order valence-electron chi connectivity index (χ3n) is 3.06. The Hall–Kier alpha value is -1.89. The van der Waals surface area contributed by atoms with Gasteiger partial charge in [0.25, 0.3) is 0 Å². The predicted molar refractivity (Wildman–Crippen MR) is 81.2 cm³/mol. The zero-order chi connectivity index (χ0) is 15.1. The molecule has 0 unspecified atom stereocenters. The molecule has 7 heteroatoms. The molecule has 1 heterocycles. The number of hydrogen-bond acceptors (Lipinski definition) is 6. The van der Waals surface area contributed by atoms with E-state index in [0.717, 1.165) is 18.7 Å². The van der Waals surface area contributed by atoms with Gasteiger partial charge in [0.1, 0.15) is 18.2 Å². The van der Waals surface area contributed by atoms with Crippen LogP contribution in [0.5, 0.6) is 0 Å². The Labute approximate surface area is 124 Å². The molecule has 3 N–H and O–H groups in total. The zero-order valence-corrected chi connectivity index (χ0v) is 12.6. The Morgan fingerprint density at radius 3 is 2.81 bits per heavy atom. The maximum absolute atomic E-state index is 11.6. The van der Waals surface area contributed by atoms with Crippen molar-refractivity contribution in [2.45, 2.75) is 38.8 Å². The quantitative estimate of drug-likeness (QED) is 0.633. The second-order valence-corrected chi connectivity index (χ2v) is 4.96. The molecule has 1 fully saturated rings. The van der Waals surface area contributed by atoms with Gasteiger partial charge in [-0.1, -0.05) is 0 Å². The predicted octanol–water partition coefficient (Wildman–Crippen LogP) is 1.14. The van der Waals surface area contributed by atoms with Crippen molar-refractivity contribution < 1.29 is 9.53 Å². The highest BCUT2D eigenvalue weighted by molar-refractivity contribution is 5.77. The van der Waals surface area contributed by atoms with E-state index >= 15 is 0 Å². The number of ether oxygens (including phenoxy) is 1. The minimum atomic E-state index is 0.0856. The number of amides is 1. The monoisotopic (exact) mass is 293 g/mol. The molecule has 21 heavy (non-hydrogen) atoms. The molecule has 1 aliphatic rings. The summed E-state index contributed by atoms with van der Waals surface area (Å²) in [6.07, 6.45) is 2.66. The lowest BCUT2D eigenvalue weighted by Crippen LogP contribution is -2.27. The van der Waals surface area contributed by atoms with Crippen molar-refractivity contribution in [2.24, 2.45) is 0 Å². The summed E-state index contributed by atoms with van der Waals surface area (Å²) in [5.41, 5.74) is 0. The molecule has 7 nitrogen and oxygen atoms in total. The van der Waals surface area contributed by atoms with Crippen molar-refractivity contribution in [3.8, 4) is 0 Å². The molecule has 1 amide bonds. The molecular weight excluding hydrogens is 270 g/mol. The van der Waals surface area contributed by atoms with Gasteiger partial charge in [0.15, 0.2) is 5.82 Å². The van der Waals surface area contributed by atoms with E-state index in [1.165, 1.54) is 0 Å². The van der Waals surface area contributed by atoms with Crippen LogP contribution in [-0.2, 0) is 16.1 Å². The van der Waals surface area contributed by atoms with Gasteiger partial charge in [0.2, 0.25) is 5.91 Å². The Morgan fingerprint density at radius 2 is 2.14 bits per heavy atom. The third-order valence-corrected chi connectivity index (χ3v) is 3.06. The van der Waals surface area contributed by atoms with Crippen LogP contribution in [0.4, 0.5) is 11.6 Å². The number of aromatic nitrogens is 2. The van der Waals surface area contributed by atoms with Crippen LogP contribution in [0.25, 0.3) is 0 Å². The van der Waals surface area contributed by atoms with Gasteiger partial charge in [0.05, 0.1) is 0 Å². The maximum atomic E-state index is 11.6. The number of hydrogen-bond donors (Lipinski definition) is 3. The Balaban J connectivity index is 1.83. The summed E-state index contributed by atoms with van der Waals surface area (Å²) in [7, 11) is 1.81. The van der Waals surface area contributed by atoms with Crippen LogP contribution in [0.2, 0.25) is 0 Å². The molecule has 0 aromatic carbocycles. The lowest BCUT2D eigenvalue weighted by Gasteiger charge is -2.10. The van der Waals surface area contributed by atoms with E-state index in [1.807, 2.05) is 13.0 Å². The number of nitrogens with one attached hydrogen (secondary N) is 3. The topological polar surface area (TPSA) is 88.2 Å². The van der Waals surface area contributed by atoms with E-state index in [0.29, 0.717) is 43.9 Å². The minimum Gasteiger partial charge on any atom is -0.374 e. The number of rotatable bonds is 9. The van der Waals surface area contributed by atoms with Gasteiger partial charge in [-0.3, -0.25) is 4.79 Å². The highest BCUT2D eigenvalue weighted by atomic mass is 16.5. The Bertz CT molecular complexity index is 476. The van der Waals surface area contributed by atoms with Gasteiger partial charge in [-0.2, -0.15) is 0 Å². The lowest BCUT2D eigenvalue weighted by molar-refractivity contribution is -0.120. The molecule has 1 saturated carbocycles. The first-order valence-corrected chi connectivity index (χ1v) is 7.38. The van der Waals surface area contributed by atoms with Gasteiger partial charge in [-0.25, -0.2) is 9.97 Å². The average Bonchev–Trinajstić information content (AvgIpc) is 3.28. The second-order valence-electron chi connectivity index (χ2n) is 4.96. The van der Waals surface area contributed by atoms with E-state index in [-0.39, 0.29) is 5.91 Å². The summed E-state index contributed by atoms with van der Waals surface area (Å²) in [6.45, 7) is 3.48. The van der Waals surface area contributed by atoms with Crippen LogP contribution in [0.15, 0.2) is 6.07 Å². The number of carbonyl (C=O) groups is 1. The first kappa shape index (κ1) is 15.5. The molecule has 0 aliphatic heterocycles. The fourth-order valence-electron chi connectivity index (χ4n) is 1.81. The first-order chi connectivity index (χ1) is 10.2. The van der Waals surface area contributed by atoms with Crippen molar-refractivity contribution >= 4 is 17.5 Å². The molecule has 116 valence electrons. The molecule has 0 radical (unpaired) electrons. The van der Waals surface area contributed by atoms with Crippen molar-refractivity contribution in [1.29, 1.82) is 0 Å². The van der Waals surface area contributed by atoms with Crippen LogP contribution in [0, 0.1) is 0 Å². The van der Waals surface area contributed by atoms with Crippen LogP contribution in [0.1, 0.15) is 32.0 Å². The summed E-state index contributed by atoms with van der Waals surface area (Å²) in [4.78, 5) is 20.3. The SMILES string of the molecule is CCOCc1nc(NC)cc(NCCC(=O)NC2CC2)n1. The number of carbonyl (C=O) groups excluding carboxylic acids is 1. The normalized spacial score (nSPS) is 13.8. The van der Waals surface area contributed by atoms with Gasteiger partial charge in [0, 0.05) is 38.7 Å². The summed E-state index contributed by atoms with van der Waals surface area (Å²) in [6, 6.07) is 2.22. The maximum Gasteiger partial charge on any atom is 0.221 e. The van der Waals surface area contributed by atoms with E-state index in [1.54, 1.807) is 7.05 Å². The molecule has 2 rings (SSSR count). The molecule has 0 spiro atoms. The van der Waals surface area contributed by atoms with E-state index in [9.17, 15) is 4.79 Å². The smallest absolute Gasteiger partial charge is 0.221 e. The van der Waals surface area contributed by atoms with Crippen LogP contribution in [0.3, 0.4) is 0 Å². The molecule has 0 bridgehead atoms. The number of nitrogens with zero attached hydrogens (tertiary/aromatic N) is 2. The fourth-order valence-corrected chi connectivity index (χ4v) is 1.81. The van der Waals surface area contributed by atoms with Crippen LogP contribution in [-0.4, -0.2) is 42.1 Å². The standard InChI is InChI=1S/C14H23N5O2/c1-3-21-9-13-18-11(15-2)8-12(19-13)16-7-6-14(20)17-10-4-5-10/h8,10H,3-7,9H2,1-2H3,(H,17,20)(H2,15,16,18,19). The van der Waals surface area contributed by atoms with Gasteiger partial charge >= 0.3 is 0 Å². The molecule has 1 aromatic heterocycles. The summed E-state index contributed by atoms with van der Waals surface area (Å²) < 4.78 is 5.32. The molecule has 1 aromatic rings. The average molecular weight is 293 g/mol. The van der Waals surface area contributed by atoms with Crippen molar-refractivity contribution in [3.63, 3.8) is 0 Å². The second kappa shape index (κ2) is 7.78. The van der Waals surface area contributed by atoms with E-state index in [2.05, 4.69) is 25.9 Å². The molecule has 0 atom stereocenters.